The van der Waals surface area contributed by atoms with E-state index in [1.807, 2.05) is 0 Å². The number of rotatable bonds is 10. The molecule has 144 valence electrons. The number of unbranched alkanes of at least 4 members (excludes halogenated alkanes) is 2. The van der Waals surface area contributed by atoms with E-state index >= 15 is 0 Å². The lowest BCUT2D eigenvalue weighted by molar-refractivity contribution is 0.106. The van der Waals surface area contributed by atoms with Crippen LogP contribution in [0.1, 0.15) is 59.3 Å². The predicted octanol–water partition coefficient (Wildman–Crippen LogP) is 6.51. The number of terminal acetylenes is 1. The molecular weight excluding hydrogens is 340 g/mol. The molecule has 0 saturated carbocycles. The first kappa shape index (κ1) is 22.7. The van der Waals surface area contributed by atoms with E-state index in [0.29, 0.717) is 0 Å². The maximum atomic E-state index is 6.67. The Morgan fingerprint density at radius 3 is 2.00 bits per heavy atom. The Kier molecular flexibility index (Phi) is 9.18. The zero-order valence-electron chi connectivity index (χ0n) is 17.7. The molecule has 2 nitrogen and oxygen atoms in total. The van der Waals surface area contributed by atoms with E-state index in [2.05, 4.69) is 52.9 Å². The summed E-state index contributed by atoms with van der Waals surface area (Å²) in [5, 5.41) is 0. The highest BCUT2D eigenvalue weighted by Crippen LogP contribution is 2.34. The summed E-state index contributed by atoms with van der Waals surface area (Å²) < 4.78 is 13.3. The van der Waals surface area contributed by atoms with Crippen molar-refractivity contribution in [2.45, 2.75) is 110 Å². The monoisotopic (exact) mass is 380 g/mol. The van der Waals surface area contributed by atoms with Gasteiger partial charge in [-0.15, -0.1) is 6.42 Å². The quantitative estimate of drug-likeness (QED) is 0.317. The smallest absolute Gasteiger partial charge is 0.187 e. The van der Waals surface area contributed by atoms with E-state index in [9.17, 15) is 0 Å². The molecule has 25 heavy (non-hydrogen) atoms. The van der Waals surface area contributed by atoms with E-state index in [1.165, 1.54) is 43.3 Å². The summed E-state index contributed by atoms with van der Waals surface area (Å²) in [6.07, 6.45) is 13.1. The Morgan fingerprint density at radius 1 is 1.00 bits per heavy atom. The second kappa shape index (κ2) is 10.1. The molecule has 0 spiro atoms. The van der Waals surface area contributed by atoms with Gasteiger partial charge in [-0.2, -0.15) is 0 Å². The van der Waals surface area contributed by atoms with Crippen LogP contribution >= 0.6 is 0 Å². The van der Waals surface area contributed by atoms with Crippen LogP contribution in [0, 0.1) is 12.3 Å². The highest BCUT2D eigenvalue weighted by Gasteiger charge is 2.35. The fourth-order valence-corrected chi connectivity index (χ4v) is 8.41. The summed E-state index contributed by atoms with van der Waals surface area (Å²) in [7, 11) is -3.27. The molecule has 0 unspecified atom stereocenters. The van der Waals surface area contributed by atoms with Crippen LogP contribution in [0.4, 0.5) is 0 Å². The molecule has 0 aliphatic heterocycles. The summed E-state index contributed by atoms with van der Waals surface area (Å²) in [4.78, 5) is 0. The van der Waals surface area contributed by atoms with Crippen molar-refractivity contribution >= 4 is 16.6 Å². The number of hydrogen-bond donors (Lipinski definition) is 0. The van der Waals surface area contributed by atoms with Crippen LogP contribution in [-0.4, -0.2) is 28.8 Å². The van der Waals surface area contributed by atoms with Gasteiger partial charge in [-0.1, -0.05) is 45.5 Å². The molecule has 0 heterocycles. The van der Waals surface area contributed by atoms with Gasteiger partial charge in [0.2, 0.25) is 0 Å². The summed E-state index contributed by atoms with van der Waals surface area (Å²) >= 11 is 0. The first-order valence-electron chi connectivity index (χ1n) is 10.2. The number of hydrogen-bond acceptors (Lipinski definition) is 2. The Hall–Kier alpha value is -0.346. The SMILES string of the molecule is C#CC1=C(C)[C@@H](O[Si](C)(C)CCCC)C[C@H](O[Si](C)(C)CCCC)C1. The molecule has 1 aliphatic carbocycles. The molecule has 0 aromatic heterocycles. The van der Waals surface area contributed by atoms with Gasteiger partial charge in [0, 0.05) is 18.4 Å². The van der Waals surface area contributed by atoms with Gasteiger partial charge in [-0.3, -0.25) is 0 Å². The largest absolute Gasteiger partial charge is 0.414 e. The molecular formula is C21H40O2Si2. The molecule has 1 aliphatic rings. The molecule has 0 fully saturated rings. The third-order valence-electron chi connectivity index (χ3n) is 5.25. The van der Waals surface area contributed by atoms with Crippen molar-refractivity contribution in [3.63, 3.8) is 0 Å². The van der Waals surface area contributed by atoms with Crippen LogP contribution in [0.25, 0.3) is 0 Å². The Labute approximate surface area is 159 Å². The standard InChI is InChI=1S/C21H40O2Si2/c1-9-12-14-24(5,6)22-20-16-19(11-3)18(4)21(17-20)23-25(7,8)15-13-10-2/h3,20-21H,9-10,12-17H2,1-2,4-8H3/t20-,21+/m1/s1. The van der Waals surface area contributed by atoms with Gasteiger partial charge in [-0.05, 0) is 50.8 Å². The predicted molar refractivity (Wildman–Crippen MR) is 115 cm³/mol. The van der Waals surface area contributed by atoms with Gasteiger partial charge in [0.05, 0.1) is 12.2 Å². The van der Waals surface area contributed by atoms with Crippen molar-refractivity contribution in [2.75, 3.05) is 0 Å². The summed E-state index contributed by atoms with van der Waals surface area (Å²) in [6.45, 7) is 16.0. The van der Waals surface area contributed by atoms with Gasteiger partial charge in [0.25, 0.3) is 0 Å². The molecule has 2 atom stereocenters. The van der Waals surface area contributed by atoms with Crippen molar-refractivity contribution in [3.05, 3.63) is 11.1 Å². The van der Waals surface area contributed by atoms with Gasteiger partial charge in [0.1, 0.15) is 0 Å². The lowest BCUT2D eigenvalue weighted by atomic mass is 9.89. The zero-order chi connectivity index (χ0) is 19.1. The van der Waals surface area contributed by atoms with Crippen LogP contribution in [0.2, 0.25) is 38.3 Å². The summed E-state index contributed by atoms with van der Waals surface area (Å²) in [6, 6.07) is 2.46. The van der Waals surface area contributed by atoms with Crippen LogP contribution in [-0.2, 0) is 8.85 Å². The Balaban J connectivity index is 2.83. The van der Waals surface area contributed by atoms with Gasteiger partial charge >= 0.3 is 0 Å². The second-order valence-electron chi connectivity index (χ2n) is 8.82. The van der Waals surface area contributed by atoms with Crippen molar-refractivity contribution in [2.24, 2.45) is 0 Å². The first-order valence-corrected chi connectivity index (χ1v) is 16.4. The minimum absolute atomic E-state index is 0.152. The molecule has 4 heteroatoms. The third-order valence-corrected chi connectivity index (χ3v) is 10.3. The third kappa shape index (κ3) is 7.82. The van der Waals surface area contributed by atoms with Gasteiger partial charge in [0.15, 0.2) is 16.6 Å². The molecule has 0 aromatic rings. The van der Waals surface area contributed by atoms with Crippen molar-refractivity contribution < 1.29 is 8.85 Å². The minimum atomic E-state index is -1.65. The zero-order valence-corrected chi connectivity index (χ0v) is 19.7. The average Bonchev–Trinajstić information content (AvgIpc) is 2.53. The van der Waals surface area contributed by atoms with Crippen molar-refractivity contribution in [1.82, 2.24) is 0 Å². The molecule has 0 amide bonds. The van der Waals surface area contributed by atoms with E-state index in [1.54, 1.807) is 0 Å². The van der Waals surface area contributed by atoms with Gasteiger partial charge < -0.3 is 8.85 Å². The maximum Gasteiger partial charge on any atom is 0.187 e. The summed E-state index contributed by atoms with van der Waals surface area (Å²) in [5.74, 6) is 2.92. The molecule has 0 radical (unpaired) electrons. The van der Waals surface area contributed by atoms with Crippen LogP contribution in [0.15, 0.2) is 11.1 Å². The highest BCUT2D eigenvalue weighted by atomic mass is 28.4. The summed E-state index contributed by atoms with van der Waals surface area (Å²) in [5.41, 5.74) is 2.38. The van der Waals surface area contributed by atoms with Crippen LogP contribution in [0.5, 0.6) is 0 Å². The molecule has 0 N–H and O–H groups in total. The fourth-order valence-electron chi connectivity index (χ4n) is 3.64. The van der Waals surface area contributed by atoms with Crippen molar-refractivity contribution in [1.29, 1.82) is 0 Å². The van der Waals surface area contributed by atoms with E-state index in [-0.39, 0.29) is 12.2 Å². The van der Waals surface area contributed by atoms with E-state index in [4.69, 9.17) is 15.3 Å². The molecule has 0 aromatic carbocycles. The first-order chi connectivity index (χ1) is 11.6. The lowest BCUT2D eigenvalue weighted by Gasteiger charge is -2.39. The second-order valence-corrected chi connectivity index (χ2v) is 17.3. The minimum Gasteiger partial charge on any atom is -0.414 e. The van der Waals surface area contributed by atoms with E-state index in [0.717, 1.165) is 18.4 Å². The maximum absolute atomic E-state index is 6.67. The molecule has 0 bridgehead atoms. The fraction of sp³-hybridized carbons (Fsp3) is 0.810. The molecule has 0 saturated heterocycles. The Bertz CT molecular complexity index is 489. The lowest BCUT2D eigenvalue weighted by Crippen LogP contribution is -2.43. The normalized spacial score (nSPS) is 22.2. The average molecular weight is 381 g/mol. The van der Waals surface area contributed by atoms with Crippen LogP contribution < -0.4 is 0 Å². The highest BCUT2D eigenvalue weighted by molar-refractivity contribution is 6.71. The topological polar surface area (TPSA) is 18.5 Å². The van der Waals surface area contributed by atoms with Crippen LogP contribution in [0.3, 0.4) is 0 Å². The van der Waals surface area contributed by atoms with E-state index < -0.39 is 16.6 Å². The van der Waals surface area contributed by atoms with Gasteiger partial charge in [-0.25, -0.2) is 0 Å². The Morgan fingerprint density at radius 2 is 1.52 bits per heavy atom. The molecule has 1 rings (SSSR count). The van der Waals surface area contributed by atoms with Crippen molar-refractivity contribution in [3.8, 4) is 12.3 Å².